The van der Waals surface area contributed by atoms with E-state index in [0.29, 0.717) is 30.2 Å². The number of methoxy groups -OCH3 is 1. The maximum absolute atomic E-state index is 11.4. The van der Waals surface area contributed by atoms with E-state index in [0.717, 1.165) is 5.75 Å². The molecule has 0 saturated heterocycles. The predicted molar refractivity (Wildman–Crippen MR) is 80.4 cm³/mol. The van der Waals surface area contributed by atoms with Gasteiger partial charge in [0.05, 0.1) is 19.2 Å². The summed E-state index contributed by atoms with van der Waals surface area (Å²) in [5.74, 6) is 0.958. The Balaban J connectivity index is 1.80. The van der Waals surface area contributed by atoms with E-state index in [1.165, 1.54) is 7.11 Å². The molecule has 0 bridgehead atoms. The Kier molecular flexibility index (Phi) is 4.98. The van der Waals surface area contributed by atoms with Crippen LogP contribution in [0.5, 0.6) is 5.75 Å². The van der Waals surface area contributed by atoms with Gasteiger partial charge in [-0.05, 0) is 36.4 Å². The number of nitrogens with two attached hydrogens (primary N) is 1. The molecule has 1 aromatic carbocycles. The fraction of sp³-hybridized carbons (Fsp3) is 0.200. The fourth-order valence-electron chi connectivity index (χ4n) is 1.68. The molecule has 0 atom stereocenters. The van der Waals surface area contributed by atoms with Crippen molar-refractivity contribution in [3.05, 3.63) is 48.2 Å². The van der Waals surface area contributed by atoms with E-state index in [4.69, 9.17) is 10.5 Å². The standard InChI is InChI=1S/C15H17N3O3/c1-20-15(19)11-6-7-17-14(10-11)18-8-9-21-13-4-2-12(16)3-5-13/h2-7,10H,8-9,16H2,1H3,(H,17,18). The second-order valence-electron chi connectivity index (χ2n) is 4.27. The molecule has 0 saturated carbocycles. The van der Waals surface area contributed by atoms with Gasteiger partial charge in [0.1, 0.15) is 18.2 Å². The van der Waals surface area contributed by atoms with Crippen molar-refractivity contribution in [1.82, 2.24) is 4.98 Å². The molecule has 1 heterocycles. The van der Waals surface area contributed by atoms with Gasteiger partial charge in [-0.2, -0.15) is 0 Å². The molecule has 0 fully saturated rings. The summed E-state index contributed by atoms with van der Waals surface area (Å²) in [4.78, 5) is 15.5. The van der Waals surface area contributed by atoms with Gasteiger partial charge in [0.25, 0.3) is 0 Å². The number of nitrogen functional groups attached to an aromatic ring is 1. The molecule has 2 rings (SSSR count). The molecule has 110 valence electrons. The van der Waals surface area contributed by atoms with E-state index in [1.807, 2.05) is 12.1 Å². The Morgan fingerprint density at radius 1 is 1.29 bits per heavy atom. The van der Waals surface area contributed by atoms with Crippen LogP contribution in [0.15, 0.2) is 42.6 Å². The number of esters is 1. The Morgan fingerprint density at radius 2 is 2.05 bits per heavy atom. The van der Waals surface area contributed by atoms with Crippen LogP contribution < -0.4 is 15.8 Å². The summed E-state index contributed by atoms with van der Waals surface area (Å²) in [5.41, 5.74) is 6.75. The molecule has 6 nitrogen and oxygen atoms in total. The molecule has 0 radical (unpaired) electrons. The smallest absolute Gasteiger partial charge is 0.338 e. The number of hydrogen-bond acceptors (Lipinski definition) is 6. The van der Waals surface area contributed by atoms with E-state index >= 15 is 0 Å². The second-order valence-corrected chi connectivity index (χ2v) is 4.27. The van der Waals surface area contributed by atoms with E-state index < -0.39 is 5.97 Å². The summed E-state index contributed by atoms with van der Waals surface area (Å²) in [6.07, 6.45) is 1.55. The average molecular weight is 287 g/mol. The largest absolute Gasteiger partial charge is 0.492 e. The van der Waals surface area contributed by atoms with Crippen molar-refractivity contribution >= 4 is 17.5 Å². The number of anilines is 2. The highest BCUT2D eigenvalue weighted by Crippen LogP contribution is 2.13. The molecule has 3 N–H and O–H groups in total. The summed E-state index contributed by atoms with van der Waals surface area (Å²) in [7, 11) is 1.34. The second kappa shape index (κ2) is 7.14. The number of aromatic nitrogens is 1. The van der Waals surface area contributed by atoms with E-state index in [1.54, 1.807) is 30.5 Å². The van der Waals surface area contributed by atoms with Crippen LogP contribution in [-0.4, -0.2) is 31.2 Å². The van der Waals surface area contributed by atoms with Gasteiger partial charge in [-0.25, -0.2) is 9.78 Å². The molecular weight excluding hydrogens is 270 g/mol. The highest BCUT2D eigenvalue weighted by atomic mass is 16.5. The summed E-state index contributed by atoms with van der Waals surface area (Å²) < 4.78 is 10.2. The molecular formula is C15H17N3O3. The van der Waals surface area contributed by atoms with Crippen LogP contribution in [0.4, 0.5) is 11.5 Å². The summed E-state index contributed by atoms with van der Waals surface area (Å²) >= 11 is 0. The molecule has 1 aromatic heterocycles. The normalized spacial score (nSPS) is 9.95. The monoisotopic (exact) mass is 287 g/mol. The van der Waals surface area contributed by atoms with Crippen LogP contribution in [0, 0.1) is 0 Å². The highest BCUT2D eigenvalue weighted by molar-refractivity contribution is 5.89. The first-order chi connectivity index (χ1) is 10.2. The van der Waals surface area contributed by atoms with Gasteiger partial charge in [0.15, 0.2) is 0 Å². The molecule has 0 unspecified atom stereocenters. The minimum absolute atomic E-state index is 0.390. The predicted octanol–water partition coefficient (Wildman–Crippen LogP) is 1.94. The first-order valence-electron chi connectivity index (χ1n) is 6.45. The third-order valence-corrected chi connectivity index (χ3v) is 2.74. The van der Waals surface area contributed by atoms with Gasteiger partial charge in [0.2, 0.25) is 0 Å². The van der Waals surface area contributed by atoms with E-state index in [9.17, 15) is 4.79 Å². The van der Waals surface area contributed by atoms with Crippen molar-refractivity contribution in [2.75, 3.05) is 31.3 Å². The zero-order valence-electron chi connectivity index (χ0n) is 11.7. The van der Waals surface area contributed by atoms with Gasteiger partial charge in [-0.1, -0.05) is 0 Å². The number of benzene rings is 1. The van der Waals surface area contributed by atoms with E-state index in [2.05, 4.69) is 15.0 Å². The number of pyridine rings is 1. The minimum atomic E-state index is -0.390. The molecule has 6 heteroatoms. The van der Waals surface area contributed by atoms with Gasteiger partial charge < -0.3 is 20.5 Å². The van der Waals surface area contributed by atoms with Crippen molar-refractivity contribution in [3.63, 3.8) is 0 Å². The SMILES string of the molecule is COC(=O)c1ccnc(NCCOc2ccc(N)cc2)c1. The van der Waals surface area contributed by atoms with Gasteiger partial charge in [0, 0.05) is 11.9 Å². The third kappa shape index (κ3) is 4.38. The lowest BCUT2D eigenvalue weighted by molar-refractivity contribution is 0.0600. The Labute approximate surface area is 122 Å². The number of rotatable bonds is 6. The Hall–Kier alpha value is -2.76. The number of carbonyl (C=O) groups is 1. The van der Waals surface area contributed by atoms with Crippen molar-refractivity contribution in [3.8, 4) is 5.75 Å². The van der Waals surface area contributed by atoms with Crippen LogP contribution in [0.3, 0.4) is 0 Å². The molecule has 21 heavy (non-hydrogen) atoms. The minimum Gasteiger partial charge on any atom is -0.492 e. The number of nitrogens with zero attached hydrogens (tertiary/aromatic N) is 1. The first-order valence-corrected chi connectivity index (χ1v) is 6.45. The molecule has 0 aliphatic carbocycles. The molecule has 0 amide bonds. The molecule has 0 aliphatic heterocycles. The van der Waals surface area contributed by atoms with Crippen LogP contribution in [0.25, 0.3) is 0 Å². The maximum atomic E-state index is 11.4. The average Bonchev–Trinajstić information content (AvgIpc) is 2.53. The van der Waals surface area contributed by atoms with Crippen LogP contribution in [-0.2, 0) is 4.74 Å². The summed E-state index contributed by atoms with van der Waals surface area (Å²) in [6.45, 7) is 1.02. The lowest BCUT2D eigenvalue weighted by atomic mass is 10.2. The third-order valence-electron chi connectivity index (χ3n) is 2.74. The van der Waals surface area contributed by atoms with Crippen molar-refractivity contribution in [2.45, 2.75) is 0 Å². The highest BCUT2D eigenvalue weighted by Gasteiger charge is 2.05. The molecule has 0 aliphatic rings. The first kappa shape index (κ1) is 14.6. The quantitative estimate of drug-likeness (QED) is 0.480. The van der Waals surface area contributed by atoms with Gasteiger partial charge in [-0.15, -0.1) is 0 Å². The fourth-order valence-corrected chi connectivity index (χ4v) is 1.68. The molecule has 0 spiro atoms. The van der Waals surface area contributed by atoms with Crippen molar-refractivity contribution in [2.24, 2.45) is 0 Å². The van der Waals surface area contributed by atoms with Crippen LogP contribution in [0.1, 0.15) is 10.4 Å². The lowest BCUT2D eigenvalue weighted by Crippen LogP contribution is -2.13. The summed E-state index contributed by atoms with van der Waals surface area (Å²) in [5, 5.41) is 3.08. The Bertz CT molecular complexity index is 599. The van der Waals surface area contributed by atoms with E-state index in [-0.39, 0.29) is 0 Å². The van der Waals surface area contributed by atoms with Crippen LogP contribution in [0.2, 0.25) is 0 Å². The zero-order valence-corrected chi connectivity index (χ0v) is 11.7. The summed E-state index contributed by atoms with van der Waals surface area (Å²) in [6, 6.07) is 10.4. The van der Waals surface area contributed by atoms with Crippen molar-refractivity contribution < 1.29 is 14.3 Å². The van der Waals surface area contributed by atoms with Crippen molar-refractivity contribution in [1.29, 1.82) is 0 Å². The van der Waals surface area contributed by atoms with Gasteiger partial charge >= 0.3 is 5.97 Å². The Morgan fingerprint density at radius 3 is 2.76 bits per heavy atom. The van der Waals surface area contributed by atoms with Gasteiger partial charge in [-0.3, -0.25) is 0 Å². The maximum Gasteiger partial charge on any atom is 0.338 e. The van der Waals surface area contributed by atoms with Crippen LogP contribution >= 0.6 is 0 Å². The zero-order chi connectivity index (χ0) is 15.1. The number of carbonyl (C=O) groups excluding carboxylic acids is 1. The molecule has 2 aromatic rings. The number of nitrogens with one attached hydrogen (secondary N) is 1. The lowest BCUT2D eigenvalue weighted by Gasteiger charge is -2.09. The number of ether oxygens (including phenoxy) is 2. The number of hydrogen-bond donors (Lipinski definition) is 2. The topological polar surface area (TPSA) is 86.5 Å².